The summed E-state index contributed by atoms with van der Waals surface area (Å²) in [6.45, 7) is 6.78. The highest BCUT2D eigenvalue weighted by Crippen LogP contribution is 2.17. The van der Waals surface area contributed by atoms with E-state index in [0.29, 0.717) is 23.3 Å². The molecule has 0 saturated carbocycles. The van der Waals surface area contributed by atoms with Crippen LogP contribution in [0.4, 0.5) is 0 Å². The van der Waals surface area contributed by atoms with E-state index >= 15 is 0 Å². The van der Waals surface area contributed by atoms with Crippen molar-refractivity contribution < 1.29 is 8.42 Å². The van der Waals surface area contributed by atoms with E-state index in [4.69, 9.17) is 6.42 Å². The summed E-state index contributed by atoms with van der Waals surface area (Å²) in [5.41, 5.74) is 1.05. The molecule has 0 amide bonds. The Morgan fingerprint density at radius 2 is 1.78 bits per heavy atom. The van der Waals surface area contributed by atoms with Crippen molar-refractivity contribution in [3.8, 4) is 12.3 Å². The summed E-state index contributed by atoms with van der Waals surface area (Å²) in [6.07, 6.45) is 10.5. The van der Waals surface area contributed by atoms with Gasteiger partial charge in [0.2, 0.25) is 10.0 Å². The Morgan fingerprint density at radius 3 is 2.35 bits per heavy atom. The van der Waals surface area contributed by atoms with Gasteiger partial charge >= 0.3 is 0 Å². The lowest BCUT2D eigenvalue weighted by Crippen LogP contribution is -2.24. The van der Waals surface area contributed by atoms with E-state index in [9.17, 15) is 8.42 Å². The van der Waals surface area contributed by atoms with Crippen LogP contribution in [0.3, 0.4) is 0 Å². The molecule has 0 aromatic heterocycles. The fourth-order valence-corrected chi connectivity index (χ4v) is 3.61. The monoisotopic (exact) mass is 335 g/mol. The summed E-state index contributed by atoms with van der Waals surface area (Å²) >= 11 is 0. The first-order valence-electron chi connectivity index (χ1n) is 8.37. The van der Waals surface area contributed by atoms with Crippen LogP contribution in [0.1, 0.15) is 51.5 Å². The molecule has 0 saturated heterocycles. The SMILES string of the molecule is C#CC(CCCCCNS(=O)(=O)c1ccc(C)cc1)CC(C)C. The van der Waals surface area contributed by atoms with E-state index in [0.717, 1.165) is 37.7 Å². The number of sulfonamides is 1. The highest BCUT2D eigenvalue weighted by atomic mass is 32.2. The topological polar surface area (TPSA) is 46.2 Å². The molecule has 0 fully saturated rings. The molecular formula is C19H29NO2S. The van der Waals surface area contributed by atoms with Crippen LogP contribution in [-0.4, -0.2) is 15.0 Å². The number of nitrogens with one attached hydrogen (secondary N) is 1. The van der Waals surface area contributed by atoms with E-state index in [-0.39, 0.29) is 0 Å². The van der Waals surface area contributed by atoms with Crippen LogP contribution in [-0.2, 0) is 10.0 Å². The van der Waals surface area contributed by atoms with Crippen LogP contribution in [0.2, 0.25) is 0 Å². The summed E-state index contributed by atoms with van der Waals surface area (Å²) in [6, 6.07) is 6.90. The van der Waals surface area contributed by atoms with Crippen molar-refractivity contribution in [2.45, 2.75) is 57.8 Å². The first kappa shape index (κ1) is 19.7. The second-order valence-corrected chi connectivity index (χ2v) is 8.32. The van der Waals surface area contributed by atoms with Gasteiger partial charge in [-0.1, -0.05) is 44.4 Å². The van der Waals surface area contributed by atoms with Gasteiger partial charge in [0.15, 0.2) is 0 Å². The Labute approximate surface area is 141 Å². The molecule has 0 spiro atoms. The molecule has 0 heterocycles. The van der Waals surface area contributed by atoms with E-state index in [2.05, 4.69) is 24.5 Å². The Bertz CT molecular complexity index is 597. The number of aryl methyl sites for hydroxylation is 1. The van der Waals surface area contributed by atoms with Gasteiger partial charge in [0, 0.05) is 12.5 Å². The molecule has 1 atom stereocenters. The number of benzene rings is 1. The normalized spacial score (nSPS) is 13.0. The van der Waals surface area contributed by atoms with Crippen molar-refractivity contribution in [1.29, 1.82) is 0 Å². The smallest absolute Gasteiger partial charge is 0.211 e. The lowest BCUT2D eigenvalue weighted by molar-refractivity contribution is 0.444. The average molecular weight is 336 g/mol. The minimum absolute atomic E-state index is 0.326. The van der Waals surface area contributed by atoms with Gasteiger partial charge in [0.1, 0.15) is 0 Å². The molecule has 1 N–H and O–H groups in total. The number of hydrogen-bond donors (Lipinski definition) is 1. The largest absolute Gasteiger partial charge is 0.240 e. The van der Waals surface area contributed by atoms with Crippen molar-refractivity contribution in [1.82, 2.24) is 4.72 Å². The fraction of sp³-hybridized carbons (Fsp3) is 0.579. The van der Waals surface area contributed by atoms with Crippen molar-refractivity contribution in [2.75, 3.05) is 6.54 Å². The van der Waals surface area contributed by atoms with Gasteiger partial charge in [-0.25, -0.2) is 13.1 Å². The Morgan fingerprint density at radius 1 is 1.13 bits per heavy atom. The molecule has 0 bridgehead atoms. The third kappa shape index (κ3) is 7.67. The Hall–Kier alpha value is -1.31. The Kier molecular flexibility index (Phi) is 8.36. The quantitative estimate of drug-likeness (QED) is 0.516. The van der Waals surface area contributed by atoms with Crippen molar-refractivity contribution in [2.24, 2.45) is 11.8 Å². The molecule has 0 aliphatic heterocycles. The van der Waals surface area contributed by atoms with Crippen LogP contribution in [0.15, 0.2) is 29.2 Å². The van der Waals surface area contributed by atoms with Crippen LogP contribution in [0.25, 0.3) is 0 Å². The summed E-state index contributed by atoms with van der Waals surface area (Å²) in [7, 11) is -3.38. The van der Waals surface area contributed by atoms with E-state index in [1.54, 1.807) is 12.1 Å². The maximum absolute atomic E-state index is 12.1. The Balaban J connectivity index is 2.27. The zero-order chi connectivity index (χ0) is 17.3. The lowest BCUT2D eigenvalue weighted by atomic mass is 9.93. The van der Waals surface area contributed by atoms with Crippen molar-refractivity contribution >= 4 is 10.0 Å². The number of terminal acetylenes is 1. The van der Waals surface area contributed by atoms with Gasteiger partial charge < -0.3 is 0 Å². The van der Waals surface area contributed by atoms with E-state index in [1.165, 1.54) is 0 Å². The highest BCUT2D eigenvalue weighted by Gasteiger charge is 2.12. The van der Waals surface area contributed by atoms with E-state index in [1.807, 2.05) is 19.1 Å². The molecule has 0 aliphatic rings. The zero-order valence-electron chi connectivity index (χ0n) is 14.5. The first-order valence-corrected chi connectivity index (χ1v) is 9.86. The summed E-state index contributed by atoms with van der Waals surface area (Å²) < 4.78 is 26.9. The number of unbranched alkanes of at least 4 members (excludes halogenated alkanes) is 2. The molecule has 0 radical (unpaired) electrons. The molecule has 1 rings (SSSR count). The number of hydrogen-bond acceptors (Lipinski definition) is 2. The van der Waals surface area contributed by atoms with Gasteiger partial charge in [0.25, 0.3) is 0 Å². The predicted molar refractivity (Wildman–Crippen MR) is 96.6 cm³/mol. The summed E-state index contributed by atoms with van der Waals surface area (Å²) in [5, 5.41) is 0. The van der Waals surface area contributed by atoms with Gasteiger partial charge in [-0.2, -0.15) is 0 Å². The van der Waals surface area contributed by atoms with Crippen LogP contribution in [0, 0.1) is 31.1 Å². The zero-order valence-corrected chi connectivity index (χ0v) is 15.3. The molecule has 1 aromatic carbocycles. The lowest BCUT2D eigenvalue weighted by Gasteiger charge is -2.13. The molecule has 1 aromatic rings. The maximum Gasteiger partial charge on any atom is 0.240 e. The van der Waals surface area contributed by atoms with Crippen LogP contribution >= 0.6 is 0 Å². The second-order valence-electron chi connectivity index (χ2n) is 6.55. The average Bonchev–Trinajstić information content (AvgIpc) is 2.49. The minimum Gasteiger partial charge on any atom is -0.211 e. The predicted octanol–water partition coefficient (Wildman–Crippen LogP) is 4.13. The molecule has 0 aliphatic carbocycles. The highest BCUT2D eigenvalue weighted by molar-refractivity contribution is 7.89. The second kappa shape index (κ2) is 9.75. The van der Waals surface area contributed by atoms with Crippen molar-refractivity contribution in [3.05, 3.63) is 29.8 Å². The molecular weight excluding hydrogens is 306 g/mol. The van der Waals surface area contributed by atoms with E-state index < -0.39 is 10.0 Å². The van der Waals surface area contributed by atoms with Gasteiger partial charge in [-0.05, 0) is 44.2 Å². The van der Waals surface area contributed by atoms with Gasteiger partial charge in [-0.15, -0.1) is 12.3 Å². The third-order valence-electron chi connectivity index (χ3n) is 3.84. The van der Waals surface area contributed by atoms with Gasteiger partial charge in [0.05, 0.1) is 4.90 Å². The van der Waals surface area contributed by atoms with Crippen LogP contribution in [0.5, 0.6) is 0 Å². The maximum atomic E-state index is 12.1. The first-order chi connectivity index (χ1) is 10.8. The standard InChI is InChI=1S/C19H29NO2S/c1-5-18(15-16(2)3)9-7-6-8-14-20-23(21,22)19-12-10-17(4)11-13-19/h1,10-13,16,18,20H,6-9,14-15H2,2-4H3. The molecule has 1 unspecified atom stereocenters. The summed E-state index contributed by atoms with van der Waals surface area (Å²) in [5.74, 6) is 3.83. The molecule has 23 heavy (non-hydrogen) atoms. The van der Waals surface area contributed by atoms with Gasteiger partial charge in [-0.3, -0.25) is 0 Å². The van der Waals surface area contributed by atoms with Crippen molar-refractivity contribution in [3.63, 3.8) is 0 Å². The van der Waals surface area contributed by atoms with Crippen LogP contribution < -0.4 is 4.72 Å². The molecule has 4 heteroatoms. The summed E-state index contributed by atoms with van der Waals surface area (Å²) in [4.78, 5) is 0.326. The molecule has 128 valence electrons. The third-order valence-corrected chi connectivity index (χ3v) is 5.32. The minimum atomic E-state index is -3.38. The number of rotatable bonds is 10. The fourth-order valence-electron chi connectivity index (χ4n) is 2.54. The molecule has 3 nitrogen and oxygen atoms in total.